The molecule has 0 saturated carbocycles. The molecule has 0 rings (SSSR count). The van der Waals surface area contributed by atoms with Crippen molar-refractivity contribution in [2.24, 2.45) is 0 Å². The summed E-state index contributed by atoms with van der Waals surface area (Å²) in [5.41, 5.74) is 0. The standard InChI is InChI=1S/3C5H8O2.Co/c3*1-4(6)3-5(2)7;/h3*3H2,1-2H3;/q;;;+3. The van der Waals surface area contributed by atoms with E-state index >= 15 is 0 Å². The normalized spacial score (nSPS) is 7.91. The molecular weight excluding hydrogens is 335 g/mol. The van der Waals surface area contributed by atoms with Crippen LogP contribution in [0.25, 0.3) is 0 Å². The minimum absolute atomic E-state index is 0. The number of hydrogen-bond acceptors (Lipinski definition) is 6. The van der Waals surface area contributed by atoms with E-state index in [0.29, 0.717) is 0 Å². The minimum Gasteiger partial charge on any atom is -0.300 e. The van der Waals surface area contributed by atoms with E-state index in [0.717, 1.165) is 0 Å². The maximum absolute atomic E-state index is 10.0. The molecule has 0 atom stereocenters. The van der Waals surface area contributed by atoms with Crippen LogP contribution >= 0.6 is 0 Å². The van der Waals surface area contributed by atoms with Gasteiger partial charge >= 0.3 is 16.8 Å². The zero-order valence-electron chi connectivity index (χ0n) is 13.9. The number of carbonyl (C=O) groups excluding carboxylic acids is 6. The van der Waals surface area contributed by atoms with Gasteiger partial charge in [-0.2, -0.15) is 0 Å². The molecule has 22 heavy (non-hydrogen) atoms. The van der Waals surface area contributed by atoms with Crippen molar-refractivity contribution in [2.45, 2.75) is 60.8 Å². The molecule has 0 aromatic rings. The summed E-state index contributed by atoms with van der Waals surface area (Å²) >= 11 is 0. The summed E-state index contributed by atoms with van der Waals surface area (Å²) in [6.45, 7) is 8.42. The van der Waals surface area contributed by atoms with Gasteiger partial charge in [0.15, 0.2) is 0 Å². The predicted octanol–water partition coefficient (Wildman–Crippen LogP) is 1.66. The van der Waals surface area contributed by atoms with E-state index in [1.54, 1.807) is 0 Å². The summed E-state index contributed by atoms with van der Waals surface area (Å²) < 4.78 is 0. The first-order chi connectivity index (χ1) is 9.38. The molecule has 0 heterocycles. The van der Waals surface area contributed by atoms with Crippen molar-refractivity contribution in [3.63, 3.8) is 0 Å². The fourth-order valence-corrected chi connectivity index (χ4v) is 1.05. The predicted molar refractivity (Wildman–Crippen MR) is 77.9 cm³/mol. The van der Waals surface area contributed by atoms with E-state index in [9.17, 15) is 28.8 Å². The Labute approximate surface area is 141 Å². The van der Waals surface area contributed by atoms with Gasteiger partial charge in [0, 0.05) is 0 Å². The van der Waals surface area contributed by atoms with Crippen molar-refractivity contribution in [1.29, 1.82) is 0 Å². The van der Waals surface area contributed by atoms with Crippen molar-refractivity contribution >= 4 is 34.7 Å². The van der Waals surface area contributed by atoms with Gasteiger partial charge in [-0.3, -0.25) is 28.8 Å². The molecule has 0 aromatic carbocycles. The second-order valence-corrected chi connectivity index (χ2v) is 4.74. The fourth-order valence-electron chi connectivity index (χ4n) is 1.05. The molecule has 7 heteroatoms. The molecular formula is C15H24CoO6+3. The van der Waals surface area contributed by atoms with Crippen LogP contribution in [0.15, 0.2) is 0 Å². The van der Waals surface area contributed by atoms with Gasteiger partial charge in [-0.05, 0) is 41.5 Å². The van der Waals surface area contributed by atoms with Crippen molar-refractivity contribution < 1.29 is 45.5 Å². The first kappa shape index (κ1) is 28.7. The molecule has 0 bridgehead atoms. The molecule has 0 fully saturated rings. The average molecular weight is 359 g/mol. The summed E-state index contributed by atoms with van der Waals surface area (Å²) in [5, 5.41) is 0. The summed E-state index contributed by atoms with van der Waals surface area (Å²) in [4.78, 5) is 60.2. The Hall–Kier alpha value is -1.47. The Bertz CT molecular complexity index is 314. The minimum atomic E-state index is -0.0625. The number of carbonyl (C=O) groups is 6. The Balaban J connectivity index is -0.000000108. The topological polar surface area (TPSA) is 102 Å². The number of rotatable bonds is 6. The molecule has 0 aliphatic rings. The van der Waals surface area contributed by atoms with Gasteiger partial charge in [-0.25, -0.2) is 0 Å². The van der Waals surface area contributed by atoms with Crippen molar-refractivity contribution in [3.8, 4) is 0 Å². The molecule has 0 aromatic heterocycles. The first-order valence-electron chi connectivity index (χ1n) is 6.35. The Morgan fingerprint density at radius 1 is 0.409 bits per heavy atom. The Morgan fingerprint density at radius 3 is 0.500 bits per heavy atom. The second-order valence-electron chi connectivity index (χ2n) is 4.74. The molecule has 0 aliphatic carbocycles. The van der Waals surface area contributed by atoms with Crippen LogP contribution in [0, 0.1) is 0 Å². The third kappa shape index (κ3) is 51.4. The maximum atomic E-state index is 10.0. The van der Waals surface area contributed by atoms with Gasteiger partial charge in [-0.1, -0.05) is 0 Å². The quantitative estimate of drug-likeness (QED) is 0.668. The first-order valence-corrected chi connectivity index (χ1v) is 6.35. The fraction of sp³-hybridized carbons (Fsp3) is 0.600. The van der Waals surface area contributed by atoms with Crippen LogP contribution in [0.4, 0.5) is 0 Å². The Morgan fingerprint density at radius 2 is 0.500 bits per heavy atom. The van der Waals surface area contributed by atoms with Gasteiger partial charge in [0.1, 0.15) is 34.7 Å². The summed E-state index contributed by atoms with van der Waals surface area (Å²) in [6.07, 6.45) is 0.250. The van der Waals surface area contributed by atoms with Crippen LogP contribution in [-0.4, -0.2) is 34.7 Å². The van der Waals surface area contributed by atoms with Crippen LogP contribution in [0.2, 0.25) is 0 Å². The summed E-state index contributed by atoms with van der Waals surface area (Å²) in [7, 11) is 0. The number of hydrogen-bond donors (Lipinski definition) is 0. The second kappa shape index (κ2) is 17.6. The largest absolute Gasteiger partial charge is 3.00 e. The molecule has 0 radical (unpaired) electrons. The van der Waals surface area contributed by atoms with Crippen LogP contribution < -0.4 is 0 Å². The molecule has 0 N–H and O–H groups in total. The molecule has 0 amide bonds. The number of Topliss-reactive ketones (excluding diaryl/α,β-unsaturated/α-hetero) is 6. The zero-order chi connectivity index (χ0) is 17.6. The van der Waals surface area contributed by atoms with Gasteiger partial charge < -0.3 is 0 Å². The van der Waals surface area contributed by atoms with E-state index in [1.807, 2.05) is 0 Å². The van der Waals surface area contributed by atoms with E-state index in [1.165, 1.54) is 41.5 Å². The third-order valence-corrected chi connectivity index (χ3v) is 1.49. The molecule has 126 valence electrons. The smallest absolute Gasteiger partial charge is 0.300 e. The van der Waals surface area contributed by atoms with Gasteiger partial charge in [-0.15, -0.1) is 0 Å². The molecule has 6 nitrogen and oxygen atoms in total. The van der Waals surface area contributed by atoms with Crippen LogP contribution in [-0.2, 0) is 45.5 Å². The number of ketones is 6. The third-order valence-electron chi connectivity index (χ3n) is 1.49. The molecule has 0 saturated heterocycles. The molecule has 0 unspecified atom stereocenters. The molecule has 0 spiro atoms. The van der Waals surface area contributed by atoms with Gasteiger partial charge in [0.25, 0.3) is 0 Å². The van der Waals surface area contributed by atoms with Gasteiger partial charge in [0.05, 0.1) is 19.3 Å². The van der Waals surface area contributed by atoms with Gasteiger partial charge in [0.2, 0.25) is 0 Å². The van der Waals surface area contributed by atoms with Crippen LogP contribution in [0.3, 0.4) is 0 Å². The summed E-state index contributed by atoms with van der Waals surface area (Å²) in [5.74, 6) is -0.375. The molecule has 0 aliphatic heterocycles. The Kier molecular flexibility index (Phi) is 22.9. The van der Waals surface area contributed by atoms with Crippen molar-refractivity contribution in [2.75, 3.05) is 0 Å². The van der Waals surface area contributed by atoms with E-state index in [-0.39, 0.29) is 70.7 Å². The van der Waals surface area contributed by atoms with Crippen LogP contribution in [0.5, 0.6) is 0 Å². The summed E-state index contributed by atoms with van der Waals surface area (Å²) in [6, 6.07) is 0. The van der Waals surface area contributed by atoms with E-state index in [4.69, 9.17) is 0 Å². The SMILES string of the molecule is CC(=O)CC(C)=O.CC(=O)CC(C)=O.CC(=O)CC(C)=O.[Co+3]. The van der Waals surface area contributed by atoms with Crippen molar-refractivity contribution in [1.82, 2.24) is 0 Å². The van der Waals surface area contributed by atoms with Crippen LogP contribution in [0.1, 0.15) is 60.8 Å². The maximum Gasteiger partial charge on any atom is 3.00 e. The van der Waals surface area contributed by atoms with E-state index in [2.05, 4.69) is 0 Å². The van der Waals surface area contributed by atoms with E-state index < -0.39 is 0 Å². The van der Waals surface area contributed by atoms with Crippen molar-refractivity contribution in [3.05, 3.63) is 0 Å². The zero-order valence-corrected chi connectivity index (χ0v) is 14.9. The monoisotopic (exact) mass is 359 g/mol. The average Bonchev–Trinajstić information content (AvgIpc) is 2.10.